The standard InChI is InChI=1S/C22H25ClFNO7S/c23-16-4-3-15(20(24)12-16)13-31-18-5-7-19(8-6-18)33(29,30)25-22(21(27)28)10-9-17(32-14-22)2-1-11-26/h3-8,12,17,25-26H,1-2,9-11,13-14H2,(H,27,28). The fourth-order valence-corrected chi connectivity index (χ4v) is 5.03. The van der Waals surface area contributed by atoms with Crippen molar-refractivity contribution in [3.8, 4) is 5.75 Å². The molecule has 0 saturated carbocycles. The maximum absolute atomic E-state index is 13.9. The van der Waals surface area contributed by atoms with Crippen LogP contribution in [-0.4, -0.2) is 49.5 Å². The number of nitrogens with one attached hydrogen (secondary N) is 1. The normalized spacial score (nSPS) is 21.0. The van der Waals surface area contributed by atoms with Crippen molar-refractivity contribution in [2.45, 2.75) is 48.8 Å². The SMILES string of the molecule is O=C(O)C1(NS(=O)(=O)c2ccc(OCc3ccc(Cl)cc3F)cc2)CCC(CCCO)OC1. The van der Waals surface area contributed by atoms with Crippen molar-refractivity contribution < 1.29 is 37.3 Å². The first-order valence-electron chi connectivity index (χ1n) is 10.3. The Bertz CT molecular complexity index is 1070. The van der Waals surface area contributed by atoms with E-state index in [1.54, 1.807) is 0 Å². The Balaban J connectivity index is 1.66. The number of benzene rings is 2. The Morgan fingerprint density at radius 2 is 2.00 bits per heavy atom. The molecule has 3 rings (SSSR count). The van der Waals surface area contributed by atoms with Crippen molar-refractivity contribution >= 4 is 27.6 Å². The third-order valence-corrected chi connectivity index (χ3v) is 7.21. The number of halogens is 2. The molecule has 0 bridgehead atoms. The van der Waals surface area contributed by atoms with Crippen LogP contribution in [0.5, 0.6) is 5.75 Å². The largest absolute Gasteiger partial charge is 0.489 e. The smallest absolute Gasteiger partial charge is 0.327 e. The van der Waals surface area contributed by atoms with Gasteiger partial charge in [-0.15, -0.1) is 0 Å². The van der Waals surface area contributed by atoms with Gasteiger partial charge in [0.15, 0.2) is 5.54 Å². The second-order valence-electron chi connectivity index (χ2n) is 7.83. The van der Waals surface area contributed by atoms with E-state index in [0.717, 1.165) is 0 Å². The summed E-state index contributed by atoms with van der Waals surface area (Å²) in [6, 6.07) is 9.55. The Morgan fingerprint density at radius 1 is 1.27 bits per heavy atom. The number of aliphatic hydroxyl groups is 1. The fraction of sp³-hybridized carbons (Fsp3) is 0.409. The molecule has 1 heterocycles. The molecule has 2 atom stereocenters. The number of carbonyl (C=O) groups is 1. The van der Waals surface area contributed by atoms with Crippen molar-refractivity contribution in [2.24, 2.45) is 0 Å². The highest BCUT2D eigenvalue weighted by Gasteiger charge is 2.46. The summed E-state index contributed by atoms with van der Waals surface area (Å²) < 4.78 is 53.0. The summed E-state index contributed by atoms with van der Waals surface area (Å²) in [5.41, 5.74) is -1.49. The van der Waals surface area contributed by atoms with Gasteiger partial charge in [-0.1, -0.05) is 17.7 Å². The van der Waals surface area contributed by atoms with E-state index in [4.69, 9.17) is 26.2 Å². The first-order chi connectivity index (χ1) is 15.6. The fourth-order valence-electron chi connectivity index (χ4n) is 3.49. The molecular formula is C22H25ClFNO7S. The van der Waals surface area contributed by atoms with Crippen LogP contribution in [0.25, 0.3) is 0 Å². The predicted molar refractivity (Wildman–Crippen MR) is 118 cm³/mol. The Kier molecular flexibility index (Phi) is 8.30. The maximum Gasteiger partial charge on any atom is 0.327 e. The van der Waals surface area contributed by atoms with Gasteiger partial charge in [0.2, 0.25) is 10.0 Å². The second-order valence-corrected chi connectivity index (χ2v) is 9.94. The van der Waals surface area contributed by atoms with Crippen LogP contribution in [0, 0.1) is 5.82 Å². The van der Waals surface area contributed by atoms with Gasteiger partial charge in [0.05, 0.1) is 17.6 Å². The average molecular weight is 502 g/mol. The van der Waals surface area contributed by atoms with Gasteiger partial charge in [0.1, 0.15) is 18.2 Å². The number of hydrogen-bond donors (Lipinski definition) is 3. The van der Waals surface area contributed by atoms with Crippen LogP contribution >= 0.6 is 11.6 Å². The zero-order valence-corrected chi connectivity index (χ0v) is 19.2. The summed E-state index contributed by atoms with van der Waals surface area (Å²) in [4.78, 5) is 11.8. The molecular weight excluding hydrogens is 477 g/mol. The second kappa shape index (κ2) is 10.8. The molecule has 3 N–H and O–H groups in total. The highest BCUT2D eigenvalue weighted by atomic mass is 35.5. The first-order valence-corrected chi connectivity index (χ1v) is 12.2. The monoisotopic (exact) mass is 501 g/mol. The molecule has 8 nitrogen and oxygen atoms in total. The predicted octanol–water partition coefficient (Wildman–Crippen LogP) is 3.11. The minimum Gasteiger partial charge on any atom is -0.489 e. The summed E-state index contributed by atoms with van der Waals surface area (Å²) in [6.07, 6.45) is 1.28. The lowest BCUT2D eigenvalue weighted by Gasteiger charge is -2.37. The number of hydrogen-bond acceptors (Lipinski definition) is 6. The number of sulfonamides is 1. The molecule has 0 amide bonds. The number of aliphatic carboxylic acids is 1. The number of aliphatic hydroxyl groups excluding tert-OH is 1. The van der Waals surface area contributed by atoms with Gasteiger partial charge in [-0.2, -0.15) is 4.72 Å². The lowest BCUT2D eigenvalue weighted by atomic mass is 9.90. The molecule has 2 aromatic rings. The molecule has 0 spiro atoms. The summed E-state index contributed by atoms with van der Waals surface area (Å²) in [6.45, 7) is -0.388. The zero-order valence-electron chi connectivity index (χ0n) is 17.7. The van der Waals surface area contributed by atoms with Crippen molar-refractivity contribution in [1.82, 2.24) is 4.72 Å². The van der Waals surface area contributed by atoms with Crippen LogP contribution in [0.3, 0.4) is 0 Å². The van der Waals surface area contributed by atoms with Crippen molar-refractivity contribution in [3.05, 3.63) is 58.9 Å². The molecule has 1 aliphatic rings. The van der Waals surface area contributed by atoms with E-state index >= 15 is 0 Å². The number of carboxylic acids is 1. The number of carboxylic acid groups (broad SMARTS) is 1. The molecule has 1 fully saturated rings. The highest BCUT2D eigenvalue weighted by molar-refractivity contribution is 7.89. The molecule has 0 radical (unpaired) electrons. The van der Waals surface area contributed by atoms with Crippen molar-refractivity contribution in [1.29, 1.82) is 0 Å². The van der Waals surface area contributed by atoms with Crippen LogP contribution in [-0.2, 0) is 26.2 Å². The molecule has 0 aromatic heterocycles. The summed E-state index contributed by atoms with van der Waals surface area (Å²) >= 11 is 5.72. The van der Waals surface area contributed by atoms with Gasteiger partial charge in [0, 0.05) is 17.2 Å². The van der Waals surface area contributed by atoms with Crippen LogP contribution in [0.15, 0.2) is 47.4 Å². The highest BCUT2D eigenvalue weighted by Crippen LogP contribution is 2.28. The van der Waals surface area contributed by atoms with E-state index in [1.165, 1.54) is 42.5 Å². The zero-order chi connectivity index (χ0) is 24.1. The van der Waals surface area contributed by atoms with Gasteiger partial charge >= 0.3 is 5.97 Å². The van der Waals surface area contributed by atoms with E-state index in [2.05, 4.69) is 4.72 Å². The van der Waals surface area contributed by atoms with Crippen LogP contribution in [0.1, 0.15) is 31.2 Å². The lowest BCUT2D eigenvalue weighted by molar-refractivity contribution is -0.152. The van der Waals surface area contributed by atoms with E-state index in [-0.39, 0.29) is 47.8 Å². The molecule has 180 valence electrons. The topological polar surface area (TPSA) is 122 Å². The minimum absolute atomic E-state index is 0.00487. The minimum atomic E-state index is -4.17. The third kappa shape index (κ3) is 6.42. The molecule has 2 unspecified atom stereocenters. The van der Waals surface area contributed by atoms with Crippen LogP contribution < -0.4 is 9.46 Å². The average Bonchev–Trinajstić information content (AvgIpc) is 2.78. The van der Waals surface area contributed by atoms with Crippen LogP contribution in [0.2, 0.25) is 5.02 Å². The Hall–Kier alpha value is -2.24. The van der Waals surface area contributed by atoms with Crippen molar-refractivity contribution in [3.63, 3.8) is 0 Å². The number of rotatable bonds is 10. The van der Waals surface area contributed by atoms with E-state index in [0.29, 0.717) is 25.0 Å². The third-order valence-electron chi connectivity index (χ3n) is 5.43. The van der Waals surface area contributed by atoms with Gasteiger partial charge in [-0.05, 0) is 62.1 Å². The van der Waals surface area contributed by atoms with Gasteiger partial charge in [0.25, 0.3) is 0 Å². The van der Waals surface area contributed by atoms with Gasteiger partial charge < -0.3 is 19.7 Å². The van der Waals surface area contributed by atoms with Gasteiger partial charge in [-0.3, -0.25) is 4.79 Å². The molecule has 1 saturated heterocycles. The molecule has 1 aliphatic heterocycles. The summed E-state index contributed by atoms with van der Waals surface area (Å²) in [7, 11) is -4.17. The summed E-state index contributed by atoms with van der Waals surface area (Å²) in [5, 5.41) is 18.9. The lowest BCUT2D eigenvalue weighted by Crippen LogP contribution is -2.60. The van der Waals surface area contributed by atoms with Gasteiger partial charge in [-0.25, -0.2) is 12.8 Å². The molecule has 0 aliphatic carbocycles. The molecule has 33 heavy (non-hydrogen) atoms. The maximum atomic E-state index is 13.9. The Morgan fingerprint density at radius 3 is 2.58 bits per heavy atom. The first kappa shape index (κ1) is 25.4. The van der Waals surface area contributed by atoms with Crippen molar-refractivity contribution in [2.75, 3.05) is 13.2 Å². The quantitative estimate of drug-likeness (QED) is 0.457. The molecule has 11 heteroatoms. The molecule has 2 aromatic carbocycles. The number of ether oxygens (including phenoxy) is 2. The summed E-state index contributed by atoms with van der Waals surface area (Å²) in [5.74, 6) is -1.53. The van der Waals surface area contributed by atoms with Crippen LogP contribution in [0.4, 0.5) is 4.39 Å². The van der Waals surface area contributed by atoms with E-state index in [9.17, 15) is 22.7 Å². The Labute approximate surface area is 196 Å². The van der Waals surface area contributed by atoms with E-state index < -0.39 is 27.3 Å². The van der Waals surface area contributed by atoms with E-state index in [1.807, 2.05) is 0 Å².